The molecule has 0 fully saturated rings. The topological polar surface area (TPSA) is 70.6 Å². The minimum absolute atomic E-state index is 0.0206. The Kier molecular flexibility index (Phi) is 3.85. The Balaban J connectivity index is 2.00. The van der Waals surface area contributed by atoms with E-state index in [2.05, 4.69) is 10.1 Å². The van der Waals surface area contributed by atoms with Gasteiger partial charge in [-0.05, 0) is 43.7 Å². The Morgan fingerprint density at radius 1 is 1.04 bits per heavy atom. The average molecular weight is 307 g/mol. The lowest BCUT2D eigenvalue weighted by atomic mass is 10.2. The fraction of sp³-hybridized carbons (Fsp3) is 0.111. The number of para-hydroxylation sites is 2. The zero-order chi connectivity index (χ0) is 16.4. The van der Waals surface area contributed by atoms with Crippen LogP contribution in [0.15, 0.2) is 53.5 Å². The van der Waals surface area contributed by atoms with E-state index in [1.54, 1.807) is 31.2 Å². The van der Waals surface area contributed by atoms with Crippen molar-refractivity contribution in [3.63, 3.8) is 0 Å². The van der Waals surface area contributed by atoms with Crippen LogP contribution in [0.4, 0.5) is 5.69 Å². The van der Waals surface area contributed by atoms with E-state index < -0.39 is 0 Å². The highest BCUT2D eigenvalue weighted by Crippen LogP contribution is 2.27. The molecular weight excluding hydrogens is 290 g/mol. The lowest BCUT2D eigenvalue weighted by molar-refractivity contribution is 0.433. The maximum absolute atomic E-state index is 10.4. The first kappa shape index (κ1) is 14.8. The second-order valence-corrected chi connectivity index (χ2v) is 5.32. The minimum atomic E-state index is 0.0206. The Bertz CT molecular complexity index is 882. The van der Waals surface area contributed by atoms with Crippen molar-refractivity contribution in [2.24, 2.45) is 4.99 Å². The normalized spacial score (nSPS) is 11.2. The number of aryl methyl sites for hydroxylation is 2. The number of rotatable bonds is 3. The lowest BCUT2D eigenvalue weighted by Crippen LogP contribution is -1.96. The lowest BCUT2D eigenvalue weighted by Gasteiger charge is -2.04. The molecule has 3 rings (SSSR count). The molecule has 0 saturated heterocycles. The van der Waals surface area contributed by atoms with Crippen LogP contribution in [0.3, 0.4) is 0 Å². The SMILES string of the molecule is Cc1cccc(-n2nc(C)c(/C=N/c3ccccc3O)c2O)c1. The third-order valence-corrected chi connectivity index (χ3v) is 3.54. The fourth-order valence-corrected chi connectivity index (χ4v) is 2.33. The Labute approximate surface area is 134 Å². The first-order chi connectivity index (χ1) is 11.1. The molecule has 0 aliphatic rings. The number of benzene rings is 2. The highest BCUT2D eigenvalue weighted by atomic mass is 16.3. The molecule has 5 heteroatoms. The number of aromatic hydroxyl groups is 2. The third kappa shape index (κ3) is 2.94. The molecule has 5 nitrogen and oxygen atoms in total. The second-order valence-electron chi connectivity index (χ2n) is 5.32. The van der Waals surface area contributed by atoms with E-state index in [4.69, 9.17) is 0 Å². The Hall–Kier alpha value is -3.08. The van der Waals surface area contributed by atoms with E-state index in [9.17, 15) is 10.2 Å². The zero-order valence-corrected chi connectivity index (χ0v) is 12.9. The Morgan fingerprint density at radius 3 is 2.57 bits per heavy atom. The van der Waals surface area contributed by atoms with Crippen molar-refractivity contribution in [3.8, 4) is 17.3 Å². The second kappa shape index (κ2) is 5.96. The molecule has 2 N–H and O–H groups in total. The number of phenols is 1. The number of aromatic nitrogens is 2. The first-order valence-corrected chi connectivity index (χ1v) is 7.24. The van der Waals surface area contributed by atoms with E-state index in [0.29, 0.717) is 16.9 Å². The maximum Gasteiger partial charge on any atom is 0.223 e. The van der Waals surface area contributed by atoms with Gasteiger partial charge in [-0.25, -0.2) is 4.68 Å². The molecule has 2 aromatic carbocycles. The Morgan fingerprint density at radius 2 is 1.83 bits per heavy atom. The smallest absolute Gasteiger partial charge is 0.223 e. The molecule has 0 spiro atoms. The van der Waals surface area contributed by atoms with Crippen LogP contribution in [0.25, 0.3) is 5.69 Å². The molecule has 0 saturated carbocycles. The molecule has 1 aromatic heterocycles. The molecule has 23 heavy (non-hydrogen) atoms. The predicted octanol–water partition coefficient (Wildman–Crippen LogP) is 3.65. The van der Waals surface area contributed by atoms with Gasteiger partial charge in [0.2, 0.25) is 5.88 Å². The highest BCUT2D eigenvalue weighted by Gasteiger charge is 2.14. The molecule has 3 aromatic rings. The predicted molar refractivity (Wildman–Crippen MR) is 90.1 cm³/mol. The van der Waals surface area contributed by atoms with Crippen molar-refractivity contribution < 1.29 is 10.2 Å². The summed E-state index contributed by atoms with van der Waals surface area (Å²) in [5.41, 5.74) is 3.49. The van der Waals surface area contributed by atoms with Gasteiger partial charge in [0.05, 0.1) is 16.9 Å². The minimum Gasteiger partial charge on any atom is -0.506 e. The van der Waals surface area contributed by atoms with Gasteiger partial charge in [-0.15, -0.1) is 0 Å². The van der Waals surface area contributed by atoms with Crippen LogP contribution in [0, 0.1) is 13.8 Å². The van der Waals surface area contributed by atoms with Crippen molar-refractivity contribution >= 4 is 11.9 Å². The fourth-order valence-electron chi connectivity index (χ4n) is 2.33. The summed E-state index contributed by atoms with van der Waals surface area (Å²) in [6.07, 6.45) is 1.51. The van der Waals surface area contributed by atoms with E-state index in [1.165, 1.54) is 10.9 Å². The molecule has 0 bridgehead atoms. The summed E-state index contributed by atoms with van der Waals surface area (Å²) >= 11 is 0. The summed E-state index contributed by atoms with van der Waals surface area (Å²) in [5.74, 6) is 0.110. The van der Waals surface area contributed by atoms with Crippen LogP contribution in [-0.4, -0.2) is 26.2 Å². The van der Waals surface area contributed by atoms with E-state index in [-0.39, 0.29) is 11.6 Å². The van der Waals surface area contributed by atoms with Gasteiger partial charge in [0.1, 0.15) is 11.4 Å². The maximum atomic E-state index is 10.4. The third-order valence-electron chi connectivity index (χ3n) is 3.54. The molecule has 116 valence electrons. The van der Waals surface area contributed by atoms with E-state index in [1.807, 2.05) is 31.2 Å². The first-order valence-electron chi connectivity index (χ1n) is 7.24. The van der Waals surface area contributed by atoms with Gasteiger partial charge in [-0.1, -0.05) is 24.3 Å². The summed E-state index contributed by atoms with van der Waals surface area (Å²) in [6, 6.07) is 14.5. The molecule has 0 aliphatic carbocycles. The van der Waals surface area contributed by atoms with Crippen LogP contribution >= 0.6 is 0 Å². The summed E-state index contributed by atoms with van der Waals surface area (Å²) in [5, 5.41) is 24.6. The molecule has 0 atom stereocenters. The summed E-state index contributed by atoms with van der Waals surface area (Å²) < 4.78 is 1.48. The van der Waals surface area contributed by atoms with Crippen molar-refractivity contribution in [1.29, 1.82) is 0 Å². The van der Waals surface area contributed by atoms with Gasteiger partial charge in [-0.2, -0.15) is 5.10 Å². The van der Waals surface area contributed by atoms with Crippen LogP contribution < -0.4 is 0 Å². The molecule has 0 aliphatic heterocycles. The highest BCUT2D eigenvalue weighted by molar-refractivity contribution is 5.86. The molecule has 0 radical (unpaired) electrons. The molecule has 1 heterocycles. The zero-order valence-electron chi connectivity index (χ0n) is 12.9. The number of hydrogen-bond acceptors (Lipinski definition) is 4. The van der Waals surface area contributed by atoms with Crippen molar-refractivity contribution in [2.45, 2.75) is 13.8 Å². The molecule has 0 unspecified atom stereocenters. The van der Waals surface area contributed by atoms with Crippen LogP contribution in [-0.2, 0) is 0 Å². The van der Waals surface area contributed by atoms with Gasteiger partial charge >= 0.3 is 0 Å². The monoisotopic (exact) mass is 307 g/mol. The van der Waals surface area contributed by atoms with E-state index in [0.717, 1.165) is 11.3 Å². The quantitative estimate of drug-likeness (QED) is 0.726. The summed E-state index contributed by atoms with van der Waals surface area (Å²) in [6.45, 7) is 3.79. The van der Waals surface area contributed by atoms with Gasteiger partial charge < -0.3 is 10.2 Å². The van der Waals surface area contributed by atoms with Crippen LogP contribution in [0.5, 0.6) is 11.6 Å². The van der Waals surface area contributed by atoms with Gasteiger partial charge in [0.15, 0.2) is 0 Å². The van der Waals surface area contributed by atoms with Crippen molar-refractivity contribution in [2.75, 3.05) is 0 Å². The standard InChI is InChI=1S/C18H17N3O2/c1-12-6-5-7-14(10-12)21-18(23)15(13(2)20-21)11-19-16-8-3-4-9-17(16)22/h3-11,22-23H,1-2H3/b19-11+. The molecule has 0 amide bonds. The number of nitrogens with zero attached hydrogens (tertiary/aromatic N) is 3. The number of aliphatic imine (C=N–C) groups is 1. The van der Waals surface area contributed by atoms with Crippen LogP contribution in [0.1, 0.15) is 16.8 Å². The van der Waals surface area contributed by atoms with Crippen molar-refractivity contribution in [1.82, 2.24) is 9.78 Å². The number of hydrogen-bond donors (Lipinski definition) is 2. The van der Waals surface area contributed by atoms with E-state index >= 15 is 0 Å². The average Bonchev–Trinajstić information content (AvgIpc) is 2.81. The summed E-state index contributed by atoms with van der Waals surface area (Å²) in [7, 11) is 0. The summed E-state index contributed by atoms with van der Waals surface area (Å²) in [4.78, 5) is 4.23. The van der Waals surface area contributed by atoms with Crippen LogP contribution in [0.2, 0.25) is 0 Å². The van der Waals surface area contributed by atoms with Gasteiger partial charge in [0, 0.05) is 6.21 Å². The van der Waals surface area contributed by atoms with Gasteiger partial charge in [0.25, 0.3) is 0 Å². The number of phenolic OH excluding ortho intramolecular Hbond substituents is 1. The van der Waals surface area contributed by atoms with Gasteiger partial charge in [-0.3, -0.25) is 4.99 Å². The molecular formula is C18H17N3O2. The van der Waals surface area contributed by atoms with Crippen molar-refractivity contribution in [3.05, 3.63) is 65.4 Å². The largest absolute Gasteiger partial charge is 0.506 e.